The number of halogens is 1. The molecule has 0 amide bonds. The first-order valence-corrected chi connectivity index (χ1v) is 6.47. The third kappa shape index (κ3) is 2.35. The van der Waals surface area contributed by atoms with Crippen molar-refractivity contribution in [2.75, 3.05) is 5.73 Å². The van der Waals surface area contributed by atoms with E-state index in [0.717, 1.165) is 11.3 Å². The Bertz CT molecular complexity index is 792. The number of hydrogen-bond donors (Lipinski definition) is 1. The maximum absolute atomic E-state index is 14.3. The number of aromatic nitrogens is 4. The van der Waals surface area contributed by atoms with Gasteiger partial charge in [-0.3, -0.25) is 0 Å². The molecule has 0 saturated carbocycles. The molecule has 106 valence electrons. The average molecular weight is 283 g/mol. The number of nitrogens with two attached hydrogens (primary N) is 1. The zero-order valence-electron chi connectivity index (χ0n) is 11.7. The fraction of sp³-hybridized carbons (Fsp3) is 0.133. The van der Waals surface area contributed by atoms with Crippen LogP contribution >= 0.6 is 0 Å². The van der Waals surface area contributed by atoms with E-state index in [1.165, 1.54) is 4.68 Å². The van der Waals surface area contributed by atoms with Gasteiger partial charge in [-0.1, -0.05) is 17.7 Å². The summed E-state index contributed by atoms with van der Waals surface area (Å²) in [6.07, 6.45) is 0. The largest absolute Gasteiger partial charge is 0.399 e. The minimum absolute atomic E-state index is 0.290. The number of rotatable bonds is 2. The Morgan fingerprint density at radius 1 is 1.10 bits per heavy atom. The second kappa shape index (κ2) is 4.97. The number of benzene rings is 2. The maximum Gasteiger partial charge on any atom is 0.190 e. The molecule has 2 aromatic carbocycles. The molecular formula is C15H14FN5. The van der Waals surface area contributed by atoms with Crippen LogP contribution in [0.25, 0.3) is 17.1 Å². The van der Waals surface area contributed by atoms with Crippen LogP contribution in [-0.4, -0.2) is 20.2 Å². The molecule has 0 saturated heterocycles. The monoisotopic (exact) mass is 283 g/mol. The lowest BCUT2D eigenvalue weighted by molar-refractivity contribution is 0.620. The standard InChI is InChI=1S/C15H14FN5/c1-9-3-5-12(6-4-9)21-15(18-19-20-21)13-8-11(17)7-10(2)14(13)16/h3-8H,17H2,1-2H3. The van der Waals surface area contributed by atoms with E-state index in [1.54, 1.807) is 19.1 Å². The molecule has 0 atom stereocenters. The first-order chi connectivity index (χ1) is 10.1. The molecule has 21 heavy (non-hydrogen) atoms. The van der Waals surface area contributed by atoms with E-state index in [4.69, 9.17) is 5.73 Å². The first kappa shape index (κ1) is 13.2. The van der Waals surface area contributed by atoms with E-state index < -0.39 is 0 Å². The Kier molecular flexibility index (Phi) is 3.13. The smallest absolute Gasteiger partial charge is 0.190 e. The summed E-state index contributed by atoms with van der Waals surface area (Å²) in [5, 5.41) is 11.5. The van der Waals surface area contributed by atoms with Gasteiger partial charge in [0.1, 0.15) is 5.82 Å². The van der Waals surface area contributed by atoms with Crippen molar-refractivity contribution in [3.63, 3.8) is 0 Å². The Morgan fingerprint density at radius 3 is 2.52 bits per heavy atom. The Labute approximate surface area is 121 Å². The van der Waals surface area contributed by atoms with Gasteiger partial charge >= 0.3 is 0 Å². The lowest BCUT2D eigenvalue weighted by Gasteiger charge is -2.08. The number of aryl methyl sites for hydroxylation is 2. The molecule has 1 aromatic heterocycles. The van der Waals surface area contributed by atoms with Gasteiger partial charge in [0.15, 0.2) is 5.82 Å². The van der Waals surface area contributed by atoms with Crippen LogP contribution in [0.1, 0.15) is 11.1 Å². The third-order valence-corrected chi connectivity index (χ3v) is 3.27. The average Bonchev–Trinajstić information content (AvgIpc) is 2.93. The van der Waals surface area contributed by atoms with Gasteiger partial charge in [-0.15, -0.1) is 5.10 Å². The van der Waals surface area contributed by atoms with E-state index in [2.05, 4.69) is 15.5 Å². The predicted octanol–water partition coefficient (Wildman–Crippen LogP) is 2.67. The zero-order chi connectivity index (χ0) is 15.0. The molecule has 2 N–H and O–H groups in total. The molecule has 3 aromatic rings. The topological polar surface area (TPSA) is 69.6 Å². The van der Waals surface area contributed by atoms with Gasteiger partial charge in [0, 0.05) is 5.69 Å². The normalized spacial score (nSPS) is 10.8. The SMILES string of the molecule is Cc1ccc(-n2nnnc2-c2cc(N)cc(C)c2F)cc1. The van der Waals surface area contributed by atoms with Gasteiger partial charge in [-0.2, -0.15) is 4.68 Å². The highest BCUT2D eigenvalue weighted by molar-refractivity contribution is 5.65. The Balaban J connectivity index is 2.18. The molecule has 0 fully saturated rings. The van der Waals surface area contributed by atoms with E-state index in [9.17, 15) is 4.39 Å². The number of nitrogen functional groups attached to an aromatic ring is 1. The van der Waals surface area contributed by atoms with Crippen LogP contribution in [0.2, 0.25) is 0 Å². The molecule has 0 aliphatic carbocycles. The quantitative estimate of drug-likeness (QED) is 0.734. The number of tetrazole rings is 1. The molecule has 0 spiro atoms. The summed E-state index contributed by atoms with van der Waals surface area (Å²) in [7, 11) is 0. The zero-order valence-corrected chi connectivity index (χ0v) is 11.7. The maximum atomic E-state index is 14.3. The summed E-state index contributed by atoms with van der Waals surface area (Å²) >= 11 is 0. The van der Waals surface area contributed by atoms with Crippen LogP contribution < -0.4 is 5.73 Å². The fourth-order valence-electron chi connectivity index (χ4n) is 2.18. The van der Waals surface area contributed by atoms with Crippen molar-refractivity contribution >= 4 is 5.69 Å². The molecular weight excluding hydrogens is 269 g/mol. The van der Waals surface area contributed by atoms with Crippen LogP contribution in [-0.2, 0) is 0 Å². The minimum Gasteiger partial charge on any atom is -0.399 e. The van der Waals surface area contributed by atoms with Gasteiger partial charge in [-0.05, 0) is 54.1 Å². The van der Waals surface area contributed by atoms with Crippen molar-refractivity contribution in [2.45, 2.75) is 13.8 Å². The second-order valence-electron chi connectivity index (χ2n) is 4.95. The van der Waals surface area contributed by atoms with Crippen LogP contribution in [0.5, 0.6) is 0 Å². The van der Waals surface area contributed by atoms with Gasteiger partial charge in [-0.25, -0.2) is 4.39 Å². The van der Waals surface area contributed by atoms with E-state index in [-0.39, 0.29) is 11.4 Å². The highest BCUT2D eigenvalue weighted by Gasteiger charge is 2.17. The van der Waals surface area contributed by atoms with Gasteiger partial charge in [0.05, 0.1) is 11.3 Å². The van der Waals surface area contributed by atoms with Gasteiger partial charge in [0.25, 0.3) is 0 Å². The number of anilines is 1. The summed E-state index contributed by atoms with van der Waals surface area (Å²) in [5.41, 5.74) is 8.91. The van der Waals surface area contributed by atoms with Crippen molar-refractivity contribution < 1.29 is 4.39 Å². The van der Waals surface area contributed by atoms with E-state index in [1.807, 2.05) is 31.2 Å². The molecule has 0 bridgehead atoms. The molecule has 6 heteroatoms. The summed E-state index contributed by atoms with van der Waals surface area (Å²) in [6, 6.07) is 10.8. The fourth-order valence-corrected chi connectivity index (χ4v) is 2.18. The summed E-state index contributed by atoms with van der Waals surface area (Å²) in [5.74, 6) is -0.0425. The lowest BCUT2D eigenvalue weighted by atomic mass is 10.1. The summed E-state index contributed by atoms with van der Waals surface area (Å²) in [4.78, 5) is 0. The lowest BCUT2D eigenvalue weighted by Crippen LogP contribution is -2.02. The van der Waals surface area contributed by atoms with Crippen LogP contribution in [0.3, 0.4) is 0 Å². The molecule has 5 nitrogen and oxygen atoms in total. The molecule has 1 heterocycles. The summed E-state index contributed by atoms with van der Waals surface area (Å²) in [6.45, 7) is 3.65. The second-order valence-corrected chi connectivity index (χ2v) is 4.95. The highest BCUT2D eigenvalue weighted by Crippen LogP contribution is 2.27. The molecule has 0 aliphatic heterocycles. The molecule has 0 radical (unpaired) electrons. The Morgan fingerprint density at radius 2 is 1.81 bits per heavy atom. The highest BCUT2D eigenvalue weighted by atomic mass is 19.1. The van der Waals surface area contributed by atoms with Crippen molar-refractivity contribution in [3.8, 4) is 17.1 Å². The molecule has 3 rings (SSSR count). The number of nitrogens with zero attached hydrogens (tertiary/aromatic N) is 4. The molecule has 0 unspecified atom stereocenters. The van der Waals surface area contributed by atoms with Crippen LogP contribution in [0.15, 0.2) is 36.4 Å². The van der Waals surface area contributed by atoms with Crippen molar-refractivity contribution in [2.24, 2.45) is 0 Å². The third-order valence-electron chi connectivity index (χ3n) is 3.27. The van der Waals surface area contributed by atoms with Crippen molar-refractivity contribution in [3.05, 3.63) is 53.3 Å². The van der Waals surface area contributed by atoms with Crippen LogP contribution in [0.4, 0.5) is 10.1 Å². The summed E-state index contributed by atoms with van der Waals surface area (Å²) < 4.78 is 15.8. The van der Waals surface area contributed by atoms with Crippen molar-refractivity contribution in [1.29, 1.82) is 0 Å². The van der Waals surface area contributed by atoms with Gasteiger partial charge in [0.2, 0.25) is 0 Å². The Hall–Kier alpha value is -2.76. The molecule has 0 aliphatic rings. The van der Waals surface area contributed by atoms with E-state index in [0.29, 0.717) is 17.1 Å². The predicted molar refractivity (Wildman–Crippen MR) is 78.4 cm³/mol. The number of hydrogen-bond acceptors (Lipinski definition) is 4. The van der Waals surface area contributed by atoms with Gasteiger partial charge < -0.3 is 5.73 Å². The first-order valence-electron chi connectivity index (χ1n) is 6.47. The minimum atomic E-state index is -0.368. The van der Waals surface area contributed by atoms with E-state index >= 15 is 0 Å². The van der Waals surface area contributed by atoms with Crippen LogP contribution in [0, 0.1) is 19.7 Å². The van der Waals surface area contributed by atoms with Crippen molar-refractivity contribution in [1.82, 2.24) is 20.2 Å².